The monoisotopic (exact) mass is 527 g/mol. The van der Waals surface area contributed by atoms with Gasteiger partial charge in [0.1, 0.15) is 11.6 Å². The second kappa shape index (κ2) is 10.1. The van der Waals surface area contributed by atoms with Gasteiger partial charge >= 0.3 is 12.4 Å². The molecule has 1 atom stereocenters. The first-order chi connectivity index (χ1) is 17.9. The van der Waals surface area contributed by atoms with Crippen molar-refractivity contribution in [2.24, 2.45) is 5.73 Å². The number of pyridine rings is 1. The maximum Gasteiger partial charge on any atom is 0.573 e. The molecule has 1 aliphatic heterocycles. The van der Waals surface area contributed by atoms with E-state index in [0.717, 1.165) is 28.7 Å². The van der Waals surface area contributed by atoms with E-state index in [1.54, 1.807) is 68.7 Å². The highest BCUT2D eigenvalue weighted by atomic mass is 19.4. The molecule has 0 aliphatic carbocycles. The topological polar surface area (TPSA) is 118 Å². The van der Waals surface area contributed by atoms with E-state index in [2.05, 4.69) is 15.0 Å². The molecule has 0 radical (unpaired) electrons. The first kappa shape index (κ1) is 26.6. The van der Waals surface area contributed by atoms with Gasteiger partial charge in [-0.05, 0) is 55.3 Å². The molecule has 0 saturated carbocycles. The Balaban J connectivity index is 1.67. The lowest BCUT2D eigenvalue weighted by Crippen LogP contribution is -2.43. The van der Waals surface area contributed by atoms with E-state index in [4.69, 9.17) is 5.73 Å². The van der Waals surface area contributed by atoms with Crippen molar-refractivity contribution in [2.45, 2.75) is 38.3 Å². The number of benzene rings is 2. The molecule has 0 bridgehead atoms. The van der Waals surface area contributed by atoms with E-state index >= 15 is 0 Å². The summed E-state index contributed by atoms with van der Waals surface area (Å²) in [4.78, 5) is 45.6. The van der Waals surface area contributed by atoms with E-state index in [-0.39, 0.29) is 12.2 Å². The van der Waals surface area contributed by atoms with Crippen LogP contribution in [0.5, 0.6) is 5.75 Å². The number of imide groups is 1. The van der Waals surface area contributed by atoms with E-state index in [9.17, 15) is 27.6 Å². The number of carbonyl (C=O) groups excluding carboxylic acids is 3. The zero-order valence-electron chi connectivity index (χ0n) is 20.4. The van der Waals surface area contributed by atoms with Crippen molar-refractivity contribution in [3.63, 3.8) is 0 Å². The zero-order chi connectivity index (χ0) is 27.7. The molecule has 38 heavy (non-hydrogen) atoms. The number of anilines is 2. The zero-order valence-corrected chi connectivity index (χ0v) is 20.4. The van der Waals surface area contributed by atoms with Crippen LogP contribution in [0.2, 0.25) is 0 Å². The number of urea groups is 1. The lowest BCUT2D eigenvalue weighted by Gasteiger charge is -2.27. The molecule has 2 aromatic carbocycles. The Morgan fingerprint density at radius 1 is 1.08 bits per heavy atom. The van der Waals surface area contributed by atoms with Crippen molar-refractivity contribution in [3.05, 3.63) is 84.2 Å². The fourth-order valence-corrected chi connectivity index (χ4v) is 3.99. The van der Waals surface area contributed by atoms with Crippen LogP contribution in [0.1, 0.15) is 31.0 Å². The standard InChI is InChI=1S/C26H24F3N5O4/c1-25(2)23(36)34(24(37)33(25)15-16-10-12-31-13-11-16)18-8-9-20(38-26(27,28)29)19(14-18)32-22(35)21(30)17-6-4-3-5-7-17/h3-14,21H,15,30H2,1-2H3,(H,32,35)/t21-/m1/s1. The van der Waals surface area contributed by atoms with Gasteiger partial charge in [-0.2, -0.15) is 0 Å². The molecular formula is C26H24F3N5O4. The van der Waals surface area contributed by atoms with Crippen LogP contribution in [0.3, 0.4) is 0 Å². The van der Waals surface area contributed by atoms with Gasteiger partial charge in [0.2, 0.25) is 5.91 Å². The third kappa shape index (κ3) is 5.44. The number of hydrogen-bond acceptors (Lipinski definition) is 6. The summed E-state index contributed by atoms with van der Waals surface area (Å²) in [5.41, 5.74) is 5.42. The SMILES string of the molecule is CC1(C)C(=O)N(c2ccc(OC(F)(F)F)c(NC(=O)[C@H](N)c3ccccc3)c2)C(=O)N1Cc1ccncc1. The number of alkyl halides is 3. The summed E-state index contributed by atoms with van der Waals surface area (Å²) in [6, 6.07) is 12.9. The van der Waals surface area contributed by atoms with E-state index in [0.29, 0.717) is 5.56 Å². The van der Waals surface area contributed by atoms with Gasteiger partial charge in [0, 0.05) is 18.9 Å². The number of amides is 4. The second-order valence-electron chi connectivity index (χ2n) is 9.03. The van der Waals surface area contributed by atoms with Crippen molar-refractivity contribution in [3.8, 4) is 5.75 Å². The molecule has 2 heterocycles. The molecule has 3 aromatic rings. The quantitative estimate of drug-likeness (QED) is 0.441. The highest BCUT2D eigenvalue weighted by molar-refractivity contribution is 6.23. The van der Waals surface area contributed by atoms with Gasteiger partial charge in [-0.15, -0.1) is 13.2 Å². The van der Waals surface area contributed by atoms with Crippen molar-refractivity contribution in [2.75, 3.05) is 10.2 Å². The van der Waals surface area contributed by atoms with Crippen molar-refractivity contribution >= 4 is 29.2 Å². The van der Waals surface area contributed by atoms with Crippen LogP contribution in [0.25, 0.3) is 0 Å². The molecule has 3 N–H and O–H groups in total. The van der Waals surface area contributed by atoms with Gasteiger partial charge in [0.15, 0.2) is 5.75 Å². The molecule has 0 spiro atoms. The highest BCUT2D eigenvalue weighted by Crippen LogP contribution is 2.38. The second-order valence-corrected chi connectivity index (χ2v) is 9.03. The molecule has 1 aliphatic rings. The summed E-state index contributed by atoms with van der Waals surface area (Å²) in [5.74, 6) is -2.15. The van der Waals surface area contributed by atoms with Crippen LogP contribution >= 0.6 is 0 Å². The molecule has 4 amide bonds. The molecule has 1 saturated heterocycles. The van der Waals surface area contributed by atoms with Crippen LogP contribution in [0.15, 0.2) is 73.1 Å². The summed E-state index contributed by atoms with van der Waals surface area (Å²) >= 11 is 0. The molecular weight excluding hydrogens is 503 g/mol. The van der Waals surface area contributed by atoms with Crippen molar-refractivity contribution < 1.29 is 32.3 Å². The third-order valence-electron chi connectivity index (χ3n) is 6.06. The third-order valence-corrected chi connectivity index (χ3v) is 6.06. The average Bonchev–Trinajstić information content (AvgIpc) is 3.04. The van der Waals surface area contributed by atoms with Crippen LogP contribution in [-0.2, 0) is 16.1 Å². The van der Waals surface area contributed by atoms with Crippen LogP contribution < -0.4 is 20.7 Å². The number of nitrogens with two attached hydrogens (primary N) is 1. The highest BCUT2D eigenvalue weighted by Gasteiger charge is 2.52. The minimum absolute atomic E-state index is 0.0524. The number of ether oxygens (including phenoxy) is 1. The van der Waals surface area contributed by atoms with Crippen LogP contribution in [-0.4, -0.2) is 39.6 Å². The van der Waals surface area contributed by atoms with Gasteiger partial charge in [-0.25, -0.2) is 9.69 Å². The minimum Gasteiger partial charge on any atom is -0.404 e. The Morgan fingerprint density at radius 3 is 2.37 bits per heavy atom. The normalized spacial score (nSPS) is 15.9. The average molecular weight is 528 g/mol. The largest absolute Gasteiger partial charge is 0.573 e. The molecule has 12 heteroatoms. The summed E-state index contributed by atoms with van der Waals surface area (Å²) in [7, 11) is 0. The van der Waals surface area contributed by atoms with Gasteiger partial charge in [-0.1, -0.05) is 30.3 Å². The molecule has 198 valence electrons. The fraction of sp³-hybridized carbons (Fsp3) is 0.231. The predicted molar refractivity (Wildman–Crippen MR) is 132 cm³/mol. The first-order valence-electron chi connectivity index (χ1n) is 11.4. The van der Waals surface area contributed by atoms with E-state index in [1.807, 2.05) is 0 Å². The molecule has 1 aromatic heterocycles. The predicted octanol–water partition coefficient (Wildman–Crippen LogP) is 4.37. The molecule has 0 unspecified atom stereocenters. The Labute approximate surface area is 216 Å². The lowest BCUT2D eigenvalue weighted by atomic mass is 10.0. The Bertz CT molecular complexity index is 1350. The molecule has 4 rings (SSSR count). The van der Waals surface area contributed by atoms with Gasteiger partial charge in [0.25, 0.3) is 5.91 Å². The van der Waals surface area contributed by atoms with Gasteiger partial charge in [0.05, 0.1) is 11.4 Å². The summed E-state index contributed by atoms with van der Waals surface area (Å²) in [6.45, 7) is 3.23. The van der Waals surface area contributed by atoms with Crippen LogP contribution in [0, 0.1) is 0 Å². The smallest absolute Gasteiger partial charge is 0.404 e. The Hall–Kier alpha value is -4.45. The number of nitrogens with zero attached hydrogens (tertiary/aromatic N) is 3. The maximum absolute atomic E-state index is 13.4. The van der Waals surface area contributed by atoms with E-state index in [1.165, 1.54) is 4.90 Å². The summed E-state index contributed by atoms with van der Waals surface area (Å²) in [5, 5.41) is 2.34. The number of hydrogen-bond donors (Lipinski definition) is 2. The maximum atomic E-state index is 13.4. The number of halogens is 3. The van der Waals surface area contributed by atoms with Crippen molar-refractivity contribution in [1.29, 1.82) is 0 Å². The minimum atomic E-state index is -5.06. The van der Waals surface area contributed by atoms with Crippen LogP contribution in [0.4, 0.5) is 29.3 Å². The Morgan fingerprint density at radius 2 is 1.74 bits per heavy atom. The summed E-state index contributed by atoms with van der Waals surface area (Å²) < 4.78 is 43.3. The number of nitrogens with one attached hydrogen (secondary N) is 1. The van der Waals surface area contributed by atoms with Gasteiger partial charge in [-0.3, -0.25) is 14.6 Å². The molecule has 1 fully saturated rings. The number of aromatic nitrogens is 1. The fourth-order valence-electron chi connectivity index (χ4n) is 3.99. The first-order valence-corrected chi connectivity index (χ1v) is 11.4. The Kier molecular flexibility index (Phi) is 7.09. The lowest BCUT2D eigenvalue weighted by molar-refractivity contribution is -0.274. The van der Waals surface area contributed by atoms with Gasteiger partial charge < -0.3 is 20.7 Å². The number of rotatable bonds is 7. The van der Waals surface area contributed by atoms with E-state index < -0.39 is 47.2 Å². The number of carbonyl (C=O) groups is 3. The molecule has 9 nitrogen and oxygen atoms in total. The summed E-state index contributed by atoms with van der Waals surface area (Å²) in [6.07, 6.45) is -1.96. The van der Waals surface area contributed by atoms with Crippen molar-refractivity contribution in [1.82, 2.24) is 9.88 Å².